The zero-order chi connectivity index (χ0) is 17.6. The van der Waals surface area contributed by atoms with Crippen LogP contribution in [0.2, 0.25) is 0 Å². The zero-order valence-electron chi connectivity index (χ0n) is 14.1. The molecule has 0 saturated carbocycles. The standard InChI is InChI=1S/C19H20N4O2/c1-3-12-25-16-10-8-15(9-11-16)13-22(2)19(24)21-23-14-20-17-6-4-5-7-18(17)23/h3-11,14H,1,12-13H2,2H3,(H,21,24). The summed E-state index contributed by atoms with van der Waals surface area (Å²) in [7, 11) is 1.75. The van der Waals surface area contributed by atoms with E-state index < -0.39 is 0 Å². The number of fused-ring (bicyclic) bond motifs is 1. The summed E-state index contributed by atoms with van der Waals surface area (Å²) in [6, 6.07) is 15.1. The van der Waals surface area contributed by atoms with Crippen LogP contribution in [0.3, 0.4) is 0 Å². The Kier molecular flexibility index (Phi) is 4.99. The maximum atomic E-state index is 12.4. The number of aromatic nitrogens is 2. The molecule has 0 saturated heterocycles. The molecule has 128 valence electrons. The van der Waals surface area contributed by atoms with E-state index in [1.54, 1.807) is 29.0 Å². The van der Waals surface area contributed by atoms with Crippen LogP contribution >= 0.6 is 0 Å². The Bertz CT molecular complexity index is 871. The van der Waals surface area contributed by atoms with Gasteiger partial charge in [0.05, 0.1) is 11.0 Å². The van der Waals surface area contributed by atoms with Crippen molar-refractivity contribution in [2.45, 2.75) is 6.54 Å². The SMILES string of the molecule is C=CCOc1ccc(CN(C)C(=O)Nn2cnc3ccccc32)cc1. The number of carbonyl (C=O) groups excluding carboxylic acids is 1. The lowest BCUT2D eigenvalue weighted by atomic mass is 10.2. The Hall–Kier alpha value is -3.28. The van der Waals surface area contributed by atoms with Gasteiger partial charge in [-0.05, 0) is 29.8 Å². The average molecular weight is 336 g/mol. The summed E-state index contributed by atoms with van der Waals surface area (Å²) in [5, 5.41) is 0. The maximum absolute atomic E-state index is 12.4. The van der Waals surface area contributed by atoms with Crippen LogP contribution in [0.25, 0.3) is 11.0 Å². The average Bonchev–Trinajstić information content (AvgIpc) is 3.04. The second-order valence-corrected chi connectivity index (χ2v) is 5.62. The second-order valence-electron chi connectivity index (χ2n) is 5.62. The lowest BCUT2D eigenvalue weighted by Gasteiger charge is -2.18. The molecule has 0 unspecified atom stereocenters. The van der Waals surface area contributed by atoms with Crippen LogP contribution in [0, 0.1) is 0 Å². The predicted octanol–water partition coefficient (Wildman–Crippen LogP) is 3.40. The highest BCUT2D eigenvalue weighted by Gasteiger charge is 2.11. The first kappa shape index (κ1) is 16.6. The number of imidazole rings is 1. The minimum atomic E-state index is -0.213. The smallest absolute Gasteiger partial charge is 0.336 e. The topological polar surface area (TPSA) is 59.4 Å². The lowest BCUT2D eigenvalue weighted by molar-refractivity contribution is 0.217. The molecule has 2 aromatic carbocycles. The molecule has 6 nitrogen and oxygen atoms in total. The minimum absolute atomic E-state index is 0.213. The first-order valence-electron chi connectivity index (χ1n) is 7.94. The number of nitrogens with zero attached hydrogens (tertiary/aromatic N) is 3. The molecule has 0 aliphatic carbocycles. The number of hydrogen-bond acceptors (Lipinski definition) is 3. The summed E-state index contributed by atoms with van der Waals surface area (Å²) < 4.78 is 7.08. The molecule has 0 fully saturated rings. The van der Waals surface area contributed by atoms with Crippen molar-refractivity contribution in [2.75, 3.05) is 19.1 Å². The van der Waals surface area contributed by atoms with E-state index in [4.69, 9.17) is 4.74 Å². The van der Waals surface area contributed by atoms with Crippen LogP contribution < -0.4 is 10.2 Å². The quantitative estimate of drug-likeness (QED) is 0.702. The van der Waals surface area contributed by atoms with Crippen molar-refractivity contribution in [1.29, 1.82) is 0 Å². The fourth-order valence-electron chi connectivity index (χ4n) is 2.43. The number of benzene rings is 2. The van der Waals surface area contributed by atoms with Crippen molar-refractivity contribution in [1.82, 2.24) is 14.6 Å². The Morgan fingerprint density at radius 1 is 1.28 bits per heavy atom. The largest absolute Gasteiger partial charge is 0.490 e. The highest BCUT2D eigenvalue weighted by molar-refractivity contribution is 5.84. The summed E-state index contributed by atoms with van der Waals surface area (Å²) in [4.78, 5) is 18.3. The van der Waals surface area contributed by atoms with E-state index in [2.05, 4.69) is 17.0 Å². The van der Waals surface area contributed by atoms with Crippen LogP contribution in [0.5, 0.6) is 5.75 Å². The molecule has 1 heterocycles. The fourth-order valence-corrected chi connectivity index (χ4v) is 2.43. The number of urea groups is 1. The predicted molar refractivity (Wildman–Crippen MR) is 98.1 cm³/mol. The molecule has 1 aromatic heterocycles. The van der Waals surface area contributed by atoms with Gasteiger partial charge in [-0.2, -0.15) is 0 Å². The van der Waals surface area contributed by atoms with Crippen LogP contribution in [0.4, 0.5) is 4.79 Å². The van der Waals surface area contributed by atoms with Crippen molar-refractivity contribution in [3.05, 3.63) is 73.1 Å². The van der Waals surface area contributed by atoms with Gasteiger partial charge in [-0.1, -0.05) is 36.9 Å². The molecule has 3 aromatic rings. The van der Waals surface area contributed by atoms with Crippen LogP contribution in [-0.2, 0) is 6.54 Å². The first-order valence-corrected chi connectivity index (χ1v) is 7.94. The number of nitrogens with one attached hydrogen (secondary N) is 1. The van der Waals surface area contributed by atoms with Crippen LogP contribution in [0.1, 0.15) is 5.56 Å². The highest BCUT2D eigenvalue weighted by Crippen LogP contribution is 2.14. The van der Waals surface area contributed by atoms with Crippen molar-refractivity contribution in [3.8, 4) is 5.75 Å². The third-order valence-corrected chi connectivity index (χ3v) is 3.73. The molecule has 1 N–H and O–H groups in total. The Labute approximate surface area is 146 Å². The molecule has 0 radical (unpaired) electrons. The number of hydrogen-bond donors (Lipinski definition) is 1. The van der Waals surface area contributed by atoms with Gasteiger partial charge >= 0.3 is 6.03 Å². The van der Waals surface area contributed by atoms with E-state index in [0.29, 0.717) is 13.2 Å². The summed E-state index contributed by atoms with van der Waals surface area (Å²) >= 11 is 0. The van der Waals surface area contributed by atoms with Gasteiger partial charge in [0.25, 0.3) is 0 Å². The van der Waals surface area contributed by atoms with Crippen molar-refractivity contribution in [3.63, 3.8) is 0 Å². The monoisotopic (exact) mass is 336 g/mol. The van der Waals surface area contributed by atoms with Gasteiger partial charge in [-0.25, -0.2) is 19.9 Å². The Morgan fingerprint density at radius 3 is 2.80 bits per heavy atom. The molecule has 25 heavy (non-hydrogen) atoms. The molecule has 0 spiro atoms. The van der Waals surface area contributed by atoms with E-state index >= 15 is 0 Å². The molecular formula is C19H20N4O2. The summed E-state index contributed by atoms with van der Waals surface area (Å²) in [5.41, 5.74) is 5.53. The van der Waals surface area contributed by atoms with Gasteiger partial charge < -0.3 is 9.64 Å². The van der Waals surface area contributed by atoms with Crippen molar-refractivity contribution >= 4 is 17.1 Å². The molecular weight excluding hydrogens is 316 g/mol. The number of ether oxygens (including phenoxy) is 1. The number of para-hydroxylation sites is 2. The number of amides is 2. The minimum Gasteiger partial charge on any atom is -0.490 e. The number of carbonyl (C=O) groups is 1. The third kappa shape index (κ3) is 3.98. The van der Waals surface area contributed by atoms with Gasteiger partial charge in [-0.15, -0.1) is 0 Å². The van der Waals surface area contributed by atoms with E-state index in [9.17, 15) is 4.79 Å². The maximum Gasteiger partial charge on any atom is 0.336 e. The van der Waals surface area contributed by atoms with Gasteiger partial charge in [0.2, 0.25) is 0 Å². The second kappa shape index (κ2) is 7.53. The summed E-state index contributed by atoms with van der Waals surface area (Å²) in [6.07, 6.45) is 3.30. The number of rotatable bonds is 6. The molecule has 0 bridgehead atoms. The van der Waals surface area contributed by atoms with E-state index in [1.165, 1.54) is 0 Å². The molecule has 0 aliphatic rings. The molecule has 0 atom stereocenters. The lowest BCUT2D eigenvalue weighted by Crippen LogP contribution is -2.35. The van der Waals surface area contributed by atoms with Crippen molar-refractivity contribution < 1.29 is 9.53 Å². The molecule has 2 amide bonds. The molecule has 3 rings (SSSR count). The van der Waals surface area contributed by atoms with Gasteiger partial charge in [0.15, 0.2) is 0 Å². The van der Waals surface area contributed by atoms with Crippen LogP contribution in [-0.4, -0.2) is 34.2 Å². The third-order valence-electron chi connectivity index (χ3n) is 3.73. The van der Waals surface area contributed by atoms with E-state index in [1.807, 2.05) is 48.5 Å². The summed E-state index contributed by atoms with van der Waals surface area (Å²) in [5.74, 6) is 0.778. The van der Waals surface area contributed by atoms with Crippen molar-refractivity contribution in [2.24, 2.45) is 0 Å². The molecule has 6 heteroatoms. The van der Waals surface area contributed by atoms with Crippen LogP contribution in [0.15, 0.2) is 67.5 Å². The van der Waals surface area contributed by atoms with Gasteiger partial charge in [-0.3, -0.25) is 0 Å². The van der Waals surface area contributed by atoms with Gasteiger partial charge in [0, 0.05) is 13.6 Å². The summed E-state index contributed by atoms with van der Waals surface area (Å²) in [6.45, 7) is 4.58. The van der Waals surface area contributed by atoms with E-state index in [0.717, 1.165) is 22.3 Å². The first-order chi connectivity index (χ1) is 12.2. The van der Waals surface area contributed by atoms with E-state index in [-0.39, 0.29) is 6.03 Å². The zero-order valence-corrected chi connectivity index (χ0v) is 14.1. The Morgan fingerprint density at radius 2 is 2.04 bits per heavy atom. The van der Waals surface area contributed by atoms with Gasteiger partial charge in [0.1, 0.15) is 18.7 Å². The Balaban J connectivity index is 1.61. The molecule has 0 aliphatic heterocycles. The highest BCUT2D eigenvalue weighted by atomic mass is 16.5. The normalized spacial score (nSPS) is 10.4. The fraction of sp³-hybridized carbons (Fsp3) is 0.158.